The van der Waals surface area contributed by atoms with E-state index in [4.69, 9.17) is 21.4 Å². The molecule has 0 aliphatic rings. The molecular formula is C12H8ClF2NO2. The largest absolute Gasteiger partial charge is 0.439 e. The summed E-state index contributed by atoms with van der Waals surface area (Å²) >= 11 is 5.76. The Morgan fingerprint density at radius 3 is 2.67 bits per heavy atom. The second kappa shape index (κ2) is 5.29. The minimum absolute atomic E-state index is 0.104. The number of pyridine rings is 1. The Balaban J connectivity index is 2.25. The van der Waals surface area contributed by atoms with Crippen LogP contribution in [0.25, 0.3) is 0 Å². The molecule has 0 bridgehead atoms. The van der Waals surface area contributed by atoms with Gasteiger partial charge in [0, 0.05) is 23.9 Å². The fourth-order valence-corrected chi connectivity index (χ4v) is 1.46. The molecular weight excluding hydrogens is 264 g/mol. The van der Waals surface area contributed by atoms with Crippen molar-refractivity contribution >= 4 is 11.6 Å². The molecule has 0 saturated heterocycles. The molecule has 0 spiro atoms. The SMILES string of the molecule is OCc1cc(Oc2ccc(F)c(F)c2)ncc1Cl. The topological polar surface area (TPSA) is 42.4 Å². The molecule has 0 saturated carbocycles. The number of rotatable bonds is 3. The van der Waals surface area contributed by atoms with E-state index in [-0.39, 0.29) is 18.2 Å². The first kappa shape index (κ1) is 12.7. The van der Waals surface area contributed by atoms with Gasteiger partial charge in [-0.15, -0.1) is 0 Å². The van der Waals surface area contributed by atoms with Crippen molar-refractivity contribution in [3.63, 3.8) is 0 Å². The first-order chi connectivity index (χ1) is 8.60. The van der Waals surface area contributed by atoms with Crippen molar-refractivity contribution in [2.75, 3.05) is 0 Å². The van der Waals surface area contributed by atoms with Crippen LogP contribution in [0, 0.1) is 11.6 Å². The van der Waals surface area contributed by atoms with Crippen LogP contribution in [-0.2, 0) is 6.61 Å². The molecule has 0 aliphatic carbocycles. The fraction of sp³-hybridized carbons (Fsp3) is 0.0833. The third kappa shape index (κ3) is 2.75. The predicted molar refractivity (Wildman–Crippen MR) is 61.6 cm³/mol. The van der Waals surface area contributed by atoms with Gasteiger partial charge in [0.1, 0.15) is 5.75 Å². The lowest BCUT2D eigenvalue weighted by molar-refractivity contribution is 0.281. The van der Waals surface area contributed by atoms with Crippen LogP contribution < -0.4 is 4.74 Å². The zero-order chi connectivity index (χ0) is 13.1. The minimum Gasteiger partial charge on any atom is -0.439 e. The van der Waals surface area contributed by atoms with Crippen molar-refractivity contribution in [2.24, 2.45) is 0 Å². The zero-order valence-corrected chi connectivity index (χ0v) is 9.79. The maximum atomic E-state index is 13.0. The van der Waals surface area contributed by atoms with Gasteiger partial charge in [-0.25, -0.2) is 13.8 Å². The molecule has 1 aromatic carbocycles. The van der Waals surface area contributed by atoms with E-state index in [1.165, 1.54) is 18.3 Å². The van der Waals surface area contributed by atoms with Gasteiger partial charge in [-0.3, -0.25) is 0 Å². The summed E-state index contributed by atoms with van der Waals surface area (Å²) in [5.74, 6) is -1.73. The summed E-state index contributed by atoms with van der Waals surface area (Å²) in [5, 5.41) is 9.31. The van der Waals surface area contributed by atoms with Gasteiger partial charge in [0.05, 0.1) is 11.6 Å². The molecule has 1 heterocycles. The molecule has 0 fully saturated rings. The van der Waals surface area contributed by atoms with Gasteiger partial charge in [0.25, 0.3) is 0 Å². The van der Waals surface area contributed by atoms with E-state index >= 15 is 0 Å². The van der Waals surface area contributed by atoms with Crippen LogP contribution in [0.2, 0.25) is 5.02 Å². The summed E-state index contributed by atoms with van der Waals surface area (Å²) in [7, 11) is 0. The predicted octanol–water partition coefficient (Wildman–Crippen LogP) is 3.30. The van der Waals surface area contributed by atoms with Crippen molar-refractivity contribution in [2.45, 2.75) is 6.61 Å². The van der Waals surface area contributed by atoms with Crippen molar-refractivity contribution in [3.05, 3.63) is 52.7 Å². The highest BCUT2D eigenvalue weighted by molar-refractivity contribution is 6.31. The molecule has 6 heteroatoms. The number of aromatic nitrogens is 1. The van der Waals surface area contributed by atoms with E-state index in [0.717, 1.165) is 12.1 Å². The first-order valence-corrected chi connectivity index (χ1v) is 5.36. The number of benzene rings is 1. The third-order valence-electron chi connectivity index (χ3n) is 2.19. The molecule has 3 nitrogen and oxygen atoms in total. The van der Waals surface area contributed by atoms with Gasteiger partial charge in [-0.2, -0.15) is 0 Å². The lowest BCUT2D eigenvalue weighted by Gasteiger charge is -2.07. The van der Waals surface area contributed by atoms with Crippen LogP contribution in [0.4, 0.5) is 8.78 Å². The van der Waals surface area contributed by atoms with Gasteiger partial charge in [-0.1, -0.05) is 11.6 Å². The Hall–Kier alpha value is -1.72. The number of aliphatic hydroxyl groups excluding tert-OH is 1. The van der Waals surface area contributed by atoms with E-state index in [0.29, 0.717) is 10.6 Å². The number of hydrogen-bond donors (Lipinski definition) is 1. The van der Waals surface area contributed by atoms with Crippen LogP contribution in [0.1, 0.15) is 5.56 Å². The Bertz CT molecular complexity index is 578. The summed E-state index contributed by atoms with van der Waals surface area (Å²) in [5.41, 5.74) is 0.434. The standard InChI is InChI=1S/C12H8ClF2NO2/c13-9-5-16-12(3-7(9)6-17)18-8-1-2-10(14)11(15)4-8/h1-5,17H,6H2. The van der Waals surface area contributed by atoms with Gasteiger partial charge in [0.15, 0.2) is 11.6 Å². The Morgan fingerprint density at radius 1 is 1.22 bits per heavy atom. The smallest absolute Gasteiger partial charge is 0.219 e. The average molecular weight is 272 g/mol. The first-order valence-electron chi connectivity index (χ1n) is 4.98. The molecule has 0 unspecified atom stereocenters. The molecule has 2 aromatic rings. The number of hydrogen-bond acceptors (Lipinski definition) is 3. The van der Waals surface area contributed by atoms with Crippen LogP contribution in [0.15, 0.2) is 30.5 Å². The second-order valence-corrected chi connectivity index (χ2v) is 3.86. The molecule has 18 heavy (non-hydrogen) atoms. The highest BCUT2D eigenvalue weighted by atomic mass is 35.5. The average Bonchev–Trinajstić information content (AvgIpc) is 2.36. The van der Waals surface area contributed by atoms with Gasteiger partial charge in [0.2, 0.25) is 5.88 Å². The van der Waals surface area contributed by atoms with Crippen LogP contribution in [-0.4, -0.2) is 10.1 Å². The number of halogens is 3. The maximum absolute atomic E-state index is 13.0. The summed E-state index contributed by atoms with van der Waals surface area (Å²) in [6.07, 6.45) is 1.31. The highest BCUT2D eigenvalue weighted by Gasteiger charge is 2.07. The molecule has 1 N–H and O–H groups in total. The van der Waals surface area contributed by atoms with Crippen molar-refractivity contribution in [3.8, 4) is 11.6 Å². The summed E-state index contributed by atoms with van der Waals surface area (Å²) in [4.78, 5) is 3.85. The summed E-state index contributed by atoms with van der Waals surface area (Å²) < 4.78 is 30.9. The van der Waals surface area contributed by atoms with Crippen molar-refractivity contribution in [1.82, 2.24) is 4.98 Å². The molecule has 0 atom stereocenters. The van der Waals surface area contributed by atoms with Crippen LogP contribution in [0.3, 0.4) is 0 Å². The number of aliphatic hydroxyl groups is 1. The van der Waals surface area contributed by atoms with Crippen LogP contribution >= 0.6 is 11.6 Å². The molecule has 0 radical (unpaired) electrons. The minimum atomic E-state index is -1.01. The van der Waals surface area contributed by atoms with Crippen molar-refractivity contribution in [1.29, 1.82) is 0 Å². The zero-order valence-electron chi connectivity index (χ0n) is 9.03. The van der Waals surface area contributed by atoms with Gasteiger partial charge < -0.3 is 9.84 Å². The lowest BCUT2D eigenvalue weighted by atomic mass is 10.3. The van der Waals surface area contributed by atoms with Crippen molar-refractivity contribution < 1.29 is 18.6 Å². The number of nitrogens with zero attached hydrogens (tertiary/aromatic N) is 1. The maximum Gasteiger partial charge on any atom is 0.219 e. The monoisotopic (exact) mass is 271 g/mol. The highest BCUT2D eigenvalue weighted by Crippen LogP contribution is 2.24. The third-order valence-corrected chi connectivity index (χ3v) is 2.53. The molecule has 0 aliphatic heterocycles. The Morgan fingerprint density at radius 2 is 2.00 bits per heavy atom. The van der Waals surface area contributed by atoms with Crippen LogP contribution in [0.5, 0.6) is 11.6 Å². The number of ether oxygens (including phenoxy) is 1. The molecule has 2 rings (SSSR count). The normalized spacial score (nSPS) is 10.4. The quantitative estimate of drug-likeness (QED) is 0.931. The Kier molecular flexibility index (Phi) is 3.74. The van der Waals surface area contributed by atoms with E-state index in [9.17, 15) is 8.78 Å². The molecule has 1 aromatic heterocycles. The molecule has 94 valence electrons. The fourth-order valence-electron chi connectivity index (χ4n) is 1.30. The summed E-state index contributed by atoms with van der Waals surface area (Å²) in [6.45, 7) is -0.268. The van der Waals surface area contributed by atoms with E-state index in [1.807, 2.05) is 0 Å². The summed E-state index contributed by atoms with van der Waals surface area (Å²) in [6, 6.07) is 4.55. The van der Waals surface area contributed by atoms with E-state index in [1.54, 1.807) is 0 Å². The van der Waals surface area contributed by atoms with E-state index in [2.05, 4.69) is 4.98 Å². The van der Waals surface area contributed by atoms with Gasteiger partial charge >= 0.3 is 0 Å². The van der Waals surface area contributed by atoms with E-state index < -0.39 is 11.6 Å². The van der Waals surface area contributed by atoms with Gasteiger partial charge in [-0.05, 0) is 12.1 Å². The lowest BCUT2D eigenvalue weighted by Crippen LogP contribution is -1.93. The second-order valence-electron chi connectivity index (χ2n) is 3.45. The molecule has 0 amide bonds. The Labute approximate surface area is 107 Å².